The van der Waals surface area contributed by atoms with Crippen molar-refractivity contribution in [2.75, 3.05) is 19.8 Å². The number of aliphatic carboxylic acids is 1. The first-order valence-electron chi connectivity index (χ1n) is 25.8. The minimum Gasteiger partial charge on any atom is -0.479 e. The lowest BCUT2D eigenvalue weighted by molar-refractivity contribution is -0.380. The molecular formula is C49H88O20. The van der Waals surface area contributed by atoms with Crippen LogP contribution in [0.15, 0.2) is 0 Å². The van der Waals surface area contributed by atoms with Gasteiger partial charge in [0.1, 0.15) is 61.5 Å². The first-order valence-corrected chi connectivity index (χ1v) is 25.8. The van der Waals surface area contributed by atoms with Crippen molar-refractivity contribution in [1.82, 2.24) is 0 Å². The van der Waals surface area contributed by atoms with E-state index in [-0.39, 0.29) is 25.0 Å². The van der Waals surface area contributed by atoms with Gasteiger partial charge in [-0.3, -0.25) is 9.59 Å². The first kappa shape index (κ1) is 61.2. The van der Waals surface area contributed by atoms with Crippen molar-refractivity contribution in [3.05, 3.63) is 0 Å². The van der Waals surface area contributed by atoms with E-state index in [1.165, 1.54) is 0 Å². The van der Waals surface area contributed by atoms with E-state index in [4.69, 9.17) is 43.0 Å². The van der Waals surface area contributed by atoms with Gasteiger partial charge < -0.3 is 83.9 Å². The number of ether oxygens (including phenoxy) is 8. The zero-order chi connectivity index (χ0) is 50.9. The molecule has 0 aliphatic carbocycles. The largest absolute Gasteiger partial charge is 0.479 e. The zero-order valence-electron chi connectivity index (χ0n) is 41.5. The summed E-state index contributed by atoms with van der Waals surface area (Å²) in [7, 11) is 0. The van der Waals surface area contributed by atoms with Crippen molar-refractivity contribution < 1.29 is 98.2 Å². The highest BCUT2D eigenvalue weighted by atomic mass is 16.8. The molecule has 20 heteroatoms. The molecule has 3 aliphatic heterocycles. The van der Waals surface area contributed by atoms with Gasteiger partial charge in [-0.25, -0.2) is 4.79 Å². The lowest BCUT2D eigenvalue weighted by Gasteiger charge is -2.46. The molecule has 404 valence electrons. The van der Waals surface area contributed by atoms with Crippen molar-refractivity contribution in [2.45, 2.75) is 267 Å². The van der Waals surface area contributed by atoms with Crippen LogP contribution in [0.4, 0.5) is 0 Å². The van der Waals surface area contributed by atoms with Gasteiger partial charge >= 0.3 is 17.9 Å². The van der Waals surface area contributed by atoms with E-state index in [2.05, 4.69) is 6.92 Å². The number of hydrogen-bond donors (Lipinski definition) is 9. The van der Waals surface area contributed by atoms with Crippen molar-refractivity contribution in [3.8, 4) is 0 Å². The number of aliphatic hydroxyl groups is 8. The van der Waals surface area contributed by atoms with E-state index in [0.29, 0.717) is 38.5 Å². The highest BCUT2D eigenvalue weighted by molar-refractivity contribution is 5.71. The van der Waals surface area contributed by atoms with Gasteiger partial charge in [-0.1, -0.05) is 117 Å². The number of carboxylic acids is 1. The predicted molar refractivity (Wildman–Crippen MR) is 247 cm³/mol. The van der Waals surface area contributed by atoms with E-state index in [9.17, 15) is 55.2 Å². The lowest BCUT2D eigenvalue weighted by atomic mass is 9.98. The molecule has 3 rings (SSSR count). The fourth-order valence-electron chi connectivity index (χ4n) is 8.83. The highest BCUT2D eigenvalue weighted by Crippen LogP contribution is 2.33. The number of carbonyl (C=O) groups is 3. The Balaban J connectivity index is 1.59. The van der Waals surface area contributed by atoms with Crippen LogP contribution in [0.2, 0.25) is 0 Å². The van der Waals surface area contributed by atoms with Gasteiger partial charge in [-0.15, -0.1) is 0 Å². The molecule has 3 saturated heterocycles. The molecule has 3 heterocycles. The average Bonchev–Trinajstić information content (AvgIpc) is 3.29. The summed E-state index contributed by atoms with van der Waals surface area (Å²) in [5, 5.41) is 95.0. The molecule has 16 atom stereocenters. The van der Waals surface area contributed by atoms with Crippen LogP contribution in [0, 0.1) is 5.92 Å². The van der Waals surface area contributed by atoms with Gasteiger partial charge in [0.05, 0.1) is 25.4 Å². The Morgan fingerprint density at radius 2 is 1.14 bits per heavy atom. The van der Waals surface area contributed by atoms with E-state index in [1.807, 2.05) is 13.8 Å². The van der Waals surface area contributed by atoms with Crippen LogP contribution in [-0.4, -0.2) is 182 Å². The van der Waals surface area contributed by atoms with Gasteiger partial charge in [0.25, 0.3) is 0 Å². The molecule has 0 aromatic rings. The Labute approximate surface area is 408 Å². The topological polar surface area (TPSA) is 307 Å². The molecule has 9 N–H and O–H groups in total. The molecule has 0 saturated carbocycles. The summed E-state index contributed by atoms with van der Waals surface area (Å²) in [6.45, 7) is 5.68. The fraction of sp³-hybridized carbons (Fsp3) is 0.939. The number of carboxylic acid groups (broad SMARTS) is 1. The van der Waals surface area contributed by atoms with Crippen molar-refractivity contribution in [2.24, 2.45) is 5.92 Å². The van der Waals surface area contributed by atoms with E-state index in [0.717, 1.165) is 103 Å². The zero-order valence-corrected chi connectivity index (χ0v) is 41.5. The number of rotatable bonds is 35. The van der Waals surface area contributed by atoms with E-state index >= 15 is 0 Å². The molecule has 0 bridgehead atoms. The molecule has 20 nitrogen and oxygen atoms in total. The summed E-state index contributed by atoms with van der Waals surface area (Å²) in [5.74, 6) is -2.51. The summed E-state index contributed by atoms with van der Waals surface area (Å²) >= 11 is 0. The molecule has 2 unspecified atom stereocenters. The molecule has 0 aromatic carbocycles. The molecule has 0 aromatic heterocycles. The molecule has 69 heavy (non-hydrogen) atoms. The monoisotopic (exact) mass is 997 g/mol. The van der Waals surface area contributed by atoms with E-state index in [1.54, 1.807) is 0 Å². The van der Waals surface area contributed by atoms with Crippen LogP contribution in [0.25, 0.3) is 0 Å². The Bertz CT molecular complexity index is 1410. The smallest absolute Gasteiger partial charge is 0.332 e. The third kappa shape index (κ3) is 22.7. The van der Waals surface area contributed by atoms with Crippen LogP contribution in [-0.2, 0) is 52.3 Å². The summed E-state index contributed by atoms with van der Waals surface area (Å²) < 4.78 is 46.9. The van der Waals surface area contributed by atoms with Crippen LogP contribution in [0.5, 0.6) is 0 Å². The second kappa shape index (κ2) is 33.6. The van der Waals surface area contributed by atoms with Crippen LogP contribution >= 0.6 is 0 Å². The minimum absolute atomic E-state index is 0.0192. The number of esters is 2. The Kier molecular flexibility index (Phi) is 29.7. The average molecular weight is 997 g/mol. The maximum absolute atomic E-state index is 12.3. The number of aliphatic hydroxyl groups excluding tert-OH is 8. The van der Waals surface area contributed by atoms with Gasteiger partial charge in [0, 0.05) is 13.3 Å². The summed E-state index contributed by atoms with van der Waals surface area (Å²) in [6, 6.07) is 0. The van der Waals surface area contributed by atoms with Gasteiger partial charge in [0.15, 0.2) is 31.1 Å². The van der Waals surface area contributed by atoms with Crippen LogP contribution < -0.4 is 0 Å². The first-order chi connectivity index (χ1) is 32.9. The minimum atomic E-state index is -1.90. The molecular weight excluding hydrogens is 909 g/mol. The summed E-state index contributed by atoms with van der Waals surface area (Å²) in [6.07, 6.45) is -3.86. The molecule has 3 fully saturated rings. The standard InChI is InChI=1S/C49H88O20/c1-5-6-7-18-23-33(24-20-22-32(51)21-17-15-13-11-9-8-10-12-14-16-19-25-34(52)46(60)61)66-48-44(39(55)35(53)27-63-48)69-49-45(41(57)37(29-64-49)65-31(4)50)68-47-43(59)42(58)40(56)36(67-47)28-62-38(54)26-30(2)3/h30,32-37,39-45,47-49,51-53,55-59H,5-29H2,1-4H3,(H,60,61)/t32?,33?,34-,35-,36-,37-,39+,40-,41+,42+,43-,44-,45-,47+,48+,49+/m0/s1. The third-order valence-electron chi connectivity index (χ3n) is 13.0. The third-order valence-corrected chi connectivity index (χ3v) is 13.0. The van der Waals surface area contributed by atoms with Gasteiger partial charge in [-0.2, -0.15) is 0 Å². The normalized spacial score (nSPS) is 31.0. The molecule has 0 amide bonds. The van der Waals surface area contributed by atoms with Crippen LogP contribution in [0.3, 0.4) is 0 Å². The second-order valence-electron chi connectivity index (χ2n) is 19.6. The maximum Gasteiger partial charge on any atom is 0.332 e. The van der Waals surface area contributed by atoms with Gasteiger partial charge in [0.2, 0.25) is 0 Å². The van der Waals surface area contributed by atoms with Gasteiger partial charge in [-0.05, 0) is 44.4 Å². The summed E-state index contributed by atoms with van der Waals surface area (Å²) in [4.78, 5) is 35.0. The lowest BCUT2D eigenvalue weighted by Crippen LogP contribution is -2.65. The van der Waals surface area contributed by atoms with E-state index < -0.39 is 123 Å². The Hall–Kier alpha value is -2.15. The number of hydrogen-bond acceptors (Lipinski definition) is 19. The Morgan fingerprint density at radius 3 is 1.75 bits per heavy atom. The predicted octanol–water partition coefficient (Wildman–Crippen LogP) is 3.28. The second-order valence-corrected chi connectivity index (χ2v) is 19.6. The number of unbranched alkanes of at least 4 members (excludes halogenated alkanes) is 13. The maximum atomic E-state index is 12.3. The number of carbonyl (C=O) groups excluding carboxylic acids is 2. The summed E-state index contributed by atoms with van der Waals surface area (Å²) in [5.41, 5.74) is 0. The molecule has 3 aliphatic rings. The van der Waals surface area contributed by atoms with Crippen molar-refractivity contribution in [3.63, 3.8) is 0 Å². The highest BCUT2D eigenvalue weighted by Gasteiger charge is 2.52. The Morgan fingerprint density at radius 1 is 0.609 bits per heavy atom. The molecule has 0 radical (unpaired) electrons. The van der Waals surface area contributed by atoms with Crippen molar-refractivity contribution in [1.29, 1.82) is 0 Å². The molecule has 0 spiro atoms. The fourth-order valence-corrected chi connectivity index (χ4v) is 8.83. The van der Waals surface area contributed by atoms with Crippen molar-refractivity contribution >= 4 is 17.9 Å². The van der Waals surface area contributed by atoms with Crippen LogP contribution in [0.1, 0.15) is 169 Å². The SMILES string of the molecule is CCCCCCC(CCCC(O)CCCCCCCCCCCCC[C@H](O)C(=O)O)O[C@H]1OC[C@H](O)[C@@H](O)[C@@H]1O[C@H]1OC[C@H](OC(C)=O)[C@@H](O)[C@@H]1O[C@H]1O[C@@H](COC(=O)CC(C)C)[C@H](O)[C@@H](O)[C@@H]1O. The quantitative estimate of drug-likeness (QED) is 0.0325.